The fraction of sp³-hybridized carbons (Fsp3) is 0.651. The molecule has 344 valence electrons. The summed E-state index contributed by atoms with van der Waals surface area (Å²) in [5.74, 6) is -4.47. The molecule has 4 aliphatic rings. The highest BCUT2D eigenvalue weighted by Crippen LogP contribution is 2.44. The molecule has 19 heteroatoms. The monoisotopic (exact) mass is 910 g/mol. The Bertz CT molecular complexity index is 1950. The van der Waals surface area contributed by atoms with Gasteiger partial charge in [0, 0.05) is 38.3 Å². The number of rotatable bonds is 14. The summed E-state index contributed by atoms with van der Waals surface area (Å²) in [5.41, 5.74) is 3.68. The maximum atomic E-state index is 14.5. The summed E-state index contributed by atoms with van der Waals surface area (Å²) in [6.45, 7) is 17.7. The highest BCUT2D eigenvalue weighted by atomic mass is 35.5. The lowest BCUT2D eigenvalue weighted by atomic mass is 9.71. The molecular formula is C43H60Cl2N4O13. The SMILES string of the molecule is C=C1CCC(OC2CC(O)(C(C)NC(=O)c3[nH]cc(Cl)c3Cl)C(O)[C@@H](C)O2)C(/C=C\C(C)C)C1CC(=O)C1=C(O)C(C(C)C)N([C@@H]2CC(OC(C)=O)C(OC(N)=O)C(C)O2)C1=O. The van der Waals surface area contributed by atoms with E-state index in [0.717, 1.165) is 5.57 Å². The highest BCUT2D eigenvalue weighted by Gasteiger charge is 2.54. The van der Waals surface area contributed by atoms with E-state index in [2.05, 4.69) is 16.9 Å². The van der Waals surface area contributed by atoms with Crippen molar-refractivity contribution in [3.63, 3.8) is 0 Å². The van der Waals surface area contributed by atoms with Gasteiger partial charge >= 0.3 is 12.1 Å². The number of aromatic amines is 1. The molecule has 11 unspecified atom stereocenters. The van der Waals surface area contributed by atoms with Crippen molar-refractivity contribution < 1.29 is 63.0 Å². The molecule has 2 saturated heterocycles. The molecule has 1 aliphatic carbocycles. The first-order valence-electron chi connectivity index (χ1n) is 20.9. The van der Waals surface area contributed by atoms with Gasteiger partial charge in [0.15, 0.2) is 18.2 Å². The third-order valence-corrected chi connectivity index (χ3v) is 13.0. The van der Waals surface area contributed by atoms with Crippen molar-refractivity contribution in [3.05, 3.63) is 57.6 Å². The third-order valence-electron chi connectivity index (χ3n) is 12.2. The van der Waals surface area contributed by atoms with Gasteiger partial charge in [-0.3, -0.25) is 19.2 Å². The Morgan fingerprint density at radius 3 is 2.37 bits per heavy atom. The van der Waals surface area contributed by atoms with Crippen LogP contribution in [0.5, 0.6) is 0 Å². The molecule has 5 rings (SSSR count). The molecule has 1 aromatic rings. The number of carbonyl (C=O) groups excluding carboxylic acids is 5. The number of H-pyrrole nitrogens is 1. The minimum atomic E-state index is -1.92. The number of nitrogens with zero attached hydrogens (tertiary/aromatic N) is 1. The molecule has 7 N–H and O–H groups in total. The number of amides is 3. The lowest BCUT2D eigenvalue weighted by Crippen LogP contribution is -2.66. The van der Waals surface area contributed by atoms with E-state index in [0.29, 0.717) is 12.8 Å². The zero-order chi connectivity index (χ0) is 46.1. The average molecular weight is 912 g/mol. The Morgan fingerprint density at radius 1 is 1.11 bits per heavy atom. The first kappa shape index (κ1) is 49.1. The lowest BCUT2D eigenvalue weighted by molar-refractivity contribution is -0.296. The zero-order valence-electron chi connectivity index (χ0n) is 36.3. The fourth-order valence-corrected chi connectivity index (χ4v) is 9.42. The third kappa shape index (κ3) is 10.4. The molecule has 13 atom stereocenters. The smallest absolute Gasteiger partial charge is 0.404 e. The van der Waals surface area contributed by atoms with Crippen LogP contribution in [0.4, 0.5) is 4.79 Å². The Balaban J connectivity index is 1.37. The Hall–Kier alpha value is -3.97. The number of aromatic nitrogens is 1. The number of nitrogens with one attached hydrogen (secondary N) is 2. The summed E-state index contributed by atoms with van der Waals surface area (Å²) in [6.07, 6.45) is -3.64. The van der Waals surface area contributed by atoms with Gasteiger partial charge in [0.25, 0.3) is 11.8 Å². The number of esters is 1. The van der Waals surface area contributed by atoms with Gasteiger partial charge in [0.2, 0.25) is 0 Å². The van der Waals surface area contributed by atoms with Crippen LogP contribution in [-0.2, 0) is 38.1 Å². The van der Waals surface area contributed by atoms with Crippen LogP contribution in [-0.4, -0.2) is 122 Å². The van der Waals surface area contributed by atoms with Gasteiger partial charge in [-0.25, -0.2) is 4.79 Å². The molecule has 0 bridgehead atoms. The van der Waals surface area contributed by atoms with Crippen molar-refractivity contribution in [3.8, 4) is 0 Å². The number of ether oxygens (including phenoxy) is 5. The predicted octanol–water partition coefficient (Wildman–Crippen LogP) is 5.02. The van der Waals surface area contributed by atoms with Gasteiger partial charge in [0.05, 0.1) is 40.4 Å². The molecule has 0 aromatic carbocycles. The van der Waals surface area contributed by atoms with Crippen LogP contribution in [0.2, 0.25) is 10.0 Å². The Labute approximate surface area is 371 Å². The zero-order valence-corrected chi connectivity index (χ0v) is 37.8. The van der Waals surface area contributed by atoms with Crippen molar-refractivity contribution in [2.75, 3.05) is 0 Å². The Kier molecular flexibility index (Phi) is 15.7. The van der Waals surface area contributed by atoms with E-state index >= 15 is 0 Å². The number of aliphatic hydroxyl groups excluding tert-OH is 2. The van der Waals surface area contributed by atoms with Gasteiger partial charge in [-0.1, -0.05) is 75.2 Å². The van der Waals surface area contributed by atoms with Gasteiger partial charge in [0.1, 0.15) is 41.1 Å². The molecule has 1 saturated carbocycles. The summed E-state index contributed by atoms with van der Waals surface area (Å²) < 4.78 is 29.5. The largest absolute Gasteiger partial charge is 0.509 e. The quantitative estimate of drug-likeness (QED) is 0.0817. The van der Waals surface area contributed by atoms with E-state index in [1.807, 2.05) is 26.0 Å². The molecule has 0 radical (unpaired) electrons. The van der Waals surface area contributed by atoms with E-state index < -0.39 is 126 Å². The molecule has 4 heterocycles. The minimum Gasteiger partial charge on any atom is -0.509 e. The summed E-state index contributed by atoms with van der Waals surface area (Å²) in [7, 11) is 0. The number of primary amides is 1. The molecule has 3 fully saturated rings. The maximum absolute atomic E-state index is 14.5. The van der Waals surface area contributed by atoms with Crippen molar-refractivity contribution >= 4 is 52.9 Å². The van der Waals surface area contributed by atoms with Gasteiger partial charge in [-0.2, -0.15) is 0 Å². The first-order valence-corrected chi connectivity index (χ1v) is 21.7. The number of halogens is 2. The second kappa shape index (κ2) is 19.8. The van der Waals surface area contributed by atoms with Crippen LogP contribution in [0.1, 0.15) is 98.0 Å². The second-order valence-electron chi connectivity index (χ2n) is 17.5. The number of hydrogen-bond donors (Lipinski definition) is 6. The molecule has 17 nitrogen and oxygen atoms in total. The number of ketones is 1. The summed E-state index contributed by atoms with van der Waals surface area (Å²) in [6, 6.07) is -2.00. The standard InChI is InChI=1S/C43H60Cl2N4O13/c1-18(2)10-12-25-26(14-28(51)33-37(52)36(19(3)4)49(41(33)55)31-15-30(60-24(9)50)38(21(6)58-31)62-42(46)56)20(5)11-13-29(25)61-32-16-43(57,39(53)22(7)59-32)23(8)48-40(54)35-34(45)27(44)17-47-35/h10,12,17-19,21-23,25-26,29-32,36,38-39,47,52-53,57H,5,11,13-16H2,1-4,6-9H3,(H2,46,56)(H,48,54)/b12-10-/t21?,22-,23?,25?,26?,29?,30?,31+,32?,36?,38?,39?,43?/m1/s1. The Morgan fingerprint density at radius 2 is 1.79 bits per heavy atom. The molecule has 3 amide bonds. The number of hydrogen-bond acceptors (Lipinski definition) is 13. The van der Waals surface area contributed by atoms with E-state index in [-0.39, 0.29) is 40.9 Å². The molecular weight excluding hydrogens is 851 g/mol. The number of carbonyl (C=O) groups is 5. The average Bonchev–Trinajstić information content (AvgIpc) is 3.65. The van der Waals surface area contributed by atoms with E-state index in [1.165, 1.54) is 18.0 Å². The normalized spacial score (nSPS) is 33.6. The van der Waals surface area contributed by atoms with Gasteiger partial charge in [-0.05, 0) is 51.4 Å². The van der Waals surface area contributed by atoms with Crippen LogP contribution in [0.3, 0.4) is 0 Å². The van der Waals surface area contributed by atoms with E-state index in [1.54, 1.807) is 34.6 Å². The molecule has 62 heavy (non-hydrogen) atoms. The van der Waals surface area contributed by atoms with Crippen LogP contribution in [0.15, 0.2) is 41.8 Å². The maximum Gasteiger partial charge on any atom is 0.404 e. The van der Waals surface area contributed by atoms with Gasteiger partial charge < -0.3 is 59.9 Å². The fourth-order valence-electron chi connectivity index (χ4n) is 9.07. The van der Waals surface area contributed by atoms with E-state index in [9.17, 15) is 39.3 Å². The number of aliphatic hydroxyl groups is 3. The van der Waals surface area contributed by atoms with Crippen LogP contribution in [0, 0.1) is 23.7 Å². The summed E-state index contributed by atoms with van der Waals surface area (Å²) in [5, 5.41) is 37.7. The summed E-state index contributed by atoms with van der Waals surface area (Å²) >= 11 is 12.2. The van der Waals surface area contributed by atoms with Gasteiger partial charge in [-0.15, -0.1) is 0 Å². The second-order valence-corrected chi connectivity index (χ2v) is 18.3. The topological polar surface area (TPSA) is 249 Å². The van der Waals surface area contributed by atoms with Crippen LogP contribution < -0.4 is 11.1 Å². The molecule has 0 spiro atoms. The highest BCUT2D eigenvalue weighted by molar-refractivity contribution is 6.43. The minimum absolute atomic E-state index is 0.00736. The number of nitrogens with two attached hydrogens (primary N) is 1. The van der Waals surface area contributed by atoms with Crippen molar-refractivity contribution in [1.29, 1.82) is 0 Å². The number of allylic oxidation sites excluding steroid dienone is 2. The van der Waals surface area contributed by atoms with E-state index in [4.69, 9.17) is 52.6 Å². The molecule has 1 aromatic heterocycles. The summed E-state index contributed by atoms with van der Waals surface area (Å²) in [4.78, 5) is 69.7. The van der Waals surface area contributed by atoms with Crippen molar-refractivity contribution in [2.24, 2.45) is 29.4 Å². The van der Waals surface area contributed by atoms with Crippen molar-refractivity contribution in [2.45, 2.75) is 154 Å². The van der Waals surface area contributed by atoms with Crippen LogP contribution >= 0.6 is 23.2 Å². The van der Waals surface area contributed by atoms with Crippen molar-refractivity contribution in [1.82, 2.24) is 15.2 Å². The molecule has 3 aliphatic heterocycles. The lowest BCUT2D eigenvalue weighted by Gasteiger charge is -2.48. The number of Topliss-reactive ketones (excluding diaryl/α,β-unsaturated/α-hetero) is 1. The van der Waals surface area contributed by atoms with Crippen LogP contribution in [0.25, 0.3) is 0 Å². The first-order chi connectivity index (χ1) is 29.0. The predicted molar refractivity (Wildman–Crippen MR) is 226 cm³/mol.